The molecule has 1 aliphatic rings. The van der Waals surface area contributed by atoms with Crippen LogP contribution in [0.15, 0.2) is 42.5 Å². The number of hydrogen-bond acceptors (Lipinski definition) is 6. The van der Waals surface area contributed by atoms with Gasteiger partial charge in [0.15, 0.2) is 0 Å². The normalized spacial score (nSPS) is 16.0. The van der Waals surface area contributed by atoms with Crippen molar-refractivity contribution in [2.75, 3.05) is 64.0 Å². The molecule has 2 aromatic rings. The Hall–Kier alpha value is -2.33. The van der Waals surface area contributed by atoms with Crippen LogP contribution in [0, 0.1) is 0 Å². The molecule has 0 atom stereocenters. The average molecular weight is 551 g/mol. The van der Waals surface area contributed by atoms with Gasteiger partial charge in [-0.25, -0.2) is 8.42 Å². The van der Waals surface area contributed by atoms with Gasteiger partial charge in [0, 0.05) is 55.9 Å². The number of anilines is 1. The van der Waals surface area contributed by atoms with Crippen LogP contribution in [-0.4, -0.2) is 94.7 Å². The van der Waals surface area contributed by atoms with Gasteiger partial charge in [-0.2, -0.15) is 0 Å². The zero-order chi connectivity index (χ0) is 27.2. The molecule has 1 aliphatic heterocycles. The number of sulfonamides is 1. The molecule has 37 heavy (non-hydrogen) atoms. The molecule has 0 aliphatic carbocycles. The van der Waals surface area contributed by atoms with Gasteiger partial charge in [-0.3, -0.25) is 14.0 Å². The smallest absolute Gasteiger partial charge is 0.254 e. The maximum Gasteiger partial charge on any atom is 0.254 e. The van der Waals surface area contributed by atoms with Crippen molar-refractivity contribution in [3.05, 3.63) is 58.6 Å². The van der Waals surface area contributed by atoms with Gasteiger partial charge >= 0.3 is 0 Å². The third-order valence-electron chi connectivity index (χ3n) is 6.45. The number of likely N-dealkylation sites (N-methyl/N-ethyl adjacent to an activating group) is 1. The summed E-state index contributed by atoms with van der Waals surface area (Å²) in [5.41, 5.74) is 1.79. The first-order chi connectivity index (χ1) is 17.5. The van der Waals surface area contributed by atoms with Crippen molar-refractivity contribution in [1.82, 2.24) is 14.7 Å². The van der Waals surface area contributed by atoms with Crippen molar-refractivity contribution < 1.29 is 17.9 Å². The number of halogens is 1. The van der Waals surface area contributed by atoms with E-state index < -0.39 is 10.0 Å². The Morgan fingerprint density at radius 2 is 1.84 bits per heavy atom. The molecule has 3 rings (SSSR count). The number of fused-ring (bicyclic) bond motifs is 1. The summed E-state index contributed by atoms with van der Waals surface area (Å²) in [4.78, 5) is 19.9. The Bertz CT molecular complexity index is 1170. The van der Waals surface area contributed by atoms with Crippen LogP contribution in [0.5, 0.6) is 5.75 Å². The highest BCUT2D eigenvalue weighted by molar-refractivity contribution is 7.92. The van der Waals surface area contributed by atoms with Crippen molar-refractivity contribution in [3.8, 4) is 5.75 Å². The van der Waals surface area contributed by atoms with E-state index in [1.54, 1.807) is 29.2 Å². The molecule has 0 saturated carbocycles. The molecule has 1 heterocycles. The van der Waals surface area contributed by atoms with Crippen LogP contribution < -0.4 is 9.04 Å². The monoisotopic (exact) mass is 550 g/mol. The number of nitrogens with zero attached hydrogens (tertiary/aromatic N) is 4. The van der Waals surface area contributed by atoms with Crippen LogP contribution >= 0.6 is 11.6 Å². The zero-order valence-corrected chi connectivity index (χ0v) is 24.1. The minimum atomic E-state index is -3.55. The van der Waals surface area contributed by atoms with Gasteiger partial charge in [0.05, 0.1) is 11.9 Å². The van der Waals surface area contributed by atoms with E-state index in [1.807, 2.05) is 37.2 Å². The summed E-state index contributed by atoms with van der Waals surface area (Å²) in [7, 11) is 0.410. The second kappa shape index (κ2) is 13.0. The quantitative estimate of drug-likeness (QED) is 0.522. The molecule has 0 saturated heterocycles. The minimum absolute atomic E-state index is 0.132. The molecule has 204 valence electrons. The van der Waals surface area contributed by atoms with Crippen LogP contribution in [0.25, 0.3) is 0 Å². The Morgan fingerprint density at radius 3 is 2.51 bits per heavy atom. The van der Waals surface area contributed by atoms with E-state index in [2.05, 4.69) is 18.7 Å². The highest BCUT2D eigenvalue weighted by atomic mass is 35.5. The predicted molar refractivity (Wildman–Crippen MR) is 150 cm³/mol. The van der Waals surface area contributed by atoms with Gasteiger partial charge < -0.3 is 14.5 Å². The van der Waals surface area contributed by atoms with Gasteiger partial charge in [-0.05, 0) is 70.3 Å². The molecule has 0 spiro atoms. The van der Waals surface area contributed by atoms with Crippen LogP contribution in [0.2, 0.25) is 5.02 Å². The molecule has 1 amide bonds. The molecular formula is C27H39ClN4O4S. The van der Waals surface area contributed by atoms with Gasteiger partial charge in [0.1, 0.15) is 12.4 Å². The van der Waals surface area contributed by atoms with Gasteiger partial charge in [0.25, 0.3) is 5.91 Å². The highest BCUT2D eigenvalue weighted by Gasteiger charge is 2.26. The molecular weight excluding hydrogens is 512 g/mol. The number of hydrogen-bond donors (Lipinski definition) is 0. The number of ether oxygens (including phenoxy) is 1. The zero-order valence-electron chi connectivity index (χ0n) is 22.5. The van der Waals surface area contributed by atoms with Crippen LogP contribution in [0.3, 0.4) is 0 Å². The SMILES string of the molecule is CC(C)N1CCCN(S(C)(=O)=O)c2cc(Cl)ccc2CN(C(=O)c2cccc(OCCN(C)C)c2)CC1. The summed E-state index contributed by atoms with van der Waals surface area (Å²) >= 11 is 6.30. The lowest BCUT2D eigenvalue weighted by molar-refractivity contribution is 0.0711. The second-order valence-electron chi connectivity index (χ2n) is 10.00. The average Bonchev–Trinajstić information content (AvgIpc) is 2.85. The van der Waals surface area contributed by atoms with Crippen molar-refractivity contribution in [2.45, 2.75) is 32.9 Å². The molecule has 2 aromatic carbocycles. The maximum absolute atomic E-state index is 13.8. The predicted octanol–water partition coefficient (Wildman–Crippen LogP) is 3.80. The number of amides is 1. The Balaban J connectivity index is 1.97. The standard InChI is InChI=1S/C27H39ClN4O4S/c1-21(2)30-12-7-13-32(37(5,34)35)26-19-24(28)11-10-23(26)20-31(15-14-30)27(33)22-8-6-9-25(18-22)36-17-16-29(3)4/h6,8-11,18-19,21H,7,12-17,20H2,1-5H3. The Morgan fingerprint density at radius 1 is 1.08 bits per heavy atom. The molecule has 8 nitrogen and oxygen atoms in total. The Labute approximate surface area is 226 Å². The van der Waals surface area contributed by atoms with E-state index in [-0.39, 0.29) is 18.5 Å². The molecule has 0 bridgehead atoms. The maximum atomic E-state index is 13.8. The number of rotatable bonds is 7. The first-order valence-electron chi connectivity index (χ1n) is 12.6. The molecule has 0 N–H and O–H groups in total. The topological polar surface area (TPSA) is 73.4 Å². The largest absolute Gasteiger partial charge is 0.492 e. The lowest BCUT2D eigenvalue weighted by atomic mass is 10.1. The van der Waals surface area contributed by atoms with Gasteiger partial charge in [-0.1, -0.05) is 23.7 Å². The van der Waals surface area contributed by atoms with E-state index in [0.29, 0.717) is 54.7 Å². The first-order valence-corrected chi connectivity index (χ1v) is 14.9. The first kappa shape index (κ1) is 29.2. The van der Waals surface area contributed by atoms with Crippen molar-refractivity contribution in [2.24, 2.45) is 0 Å². The second-order valence-corrected chi connectivity index (χ2v) is 12.3. The number of carbonyl (C=O) groups is 1. The number of carbonyl (C=O) groups excluding carboxylic acids is 1. The van der Waals surface area contributed by atoms with Crippen LogP contribution in [-0.2, 0) is 16.6 Å². The minimum Gasteiger partial charge on any atom is -0.492 e. The molecule has 0 fully saturated rings. The summed E-state index contributed by atoms with van der Waals surface area (Å²) < 4.78 is 32.9. The summed E-state index contributed by atoms with van der Waals surface area (Å²) in [5.74, 6) is 0.512. The Kier molecular flexibility index (Phi) is 10.2. The lowest BCUT2D eigenvalue weighted by Gasteiger charge is -2.30. The van der Waals surface area contributed by atoms with Gasteiger partial charge in [-0.15, -0.1) is 0 Å². The molecule has 10 heteroatoms. The van der Waals surface area contributed by atoms with Crippen molar-refractivity contribution >= 4 is 33.2 Å². The summed E-state index contributed by atoms with van der Waals surface area (Å²) in [5, 5.41) is 0.450. The summed E-state index contributed by atoms with van der Waals surface area (Å²) in [6.45, 7) is 8.03. The lowest BCUT2D eigenvalue weighted by Crippen LogP contribution is -2.41. The third-order valence-corrected chi connectivity index (χ3v) is 7.86. The van der Waals surface area contributed by atoms with E-state index in [4.69, 9.17) is 16.3 Å². The molecule has 0 unspecified atom stereocenters. The van der Waals surface area contributed by atoms with Gasteiger partial charge in [0.2, 0.25) is 10.0 Å². The van der Waals surface area contributed by atoms with E-state index >= 15 is 0 Å². The fourth-order valence-electron chi connectivity index (χ4n) is 4.37. The van der Waals surface area contributed by atoms with Crippen molar-refractivity contribution in [3.63, 3.8) is 0 Å². The van der Waals surface area contributed by atoms with Crippen LogP contribution in [0.1, 0.15) is 36.2 Å². The van der Waals surface area contributed by atoms with Crippen LogP contribution in [0.4, 0.5) is 5.69 Å². The van der Waals surface area contributed by atoms with E-state index in [1.165, 1.54) is 10.6 Å². The summed E-state index contributed by atoms with van der Waals surface area (Å²) in [6, 6.07) is 12.7. The fraction of sp³-hybridized carbons (Fsp3) is 0.519. The van der Waals surface area contributed by atoms with Crippen molar-refractivity contribution in [1.29, 1.82) is 0 Å². The highest BCUT2D eigenvalue weighted by Crippen LogP contribution is 2.29. The third kappa shape index (κ3) is 8.33. The van der Waals surface area contributed by atoms with E-state index in [0.717, 1.165) is 18.7 Å². The number of benzene rings is 2. The fourth-order valence-corrected chi connectivity index (χ4v) is 5.52. The van der Waals surface area contributed by atoms with E-state index in [9.17, 15) is 13.2 Å². The molecule has 0 aromatic heterocycles. The molecule has 0 radical (unpaired) electrons. The summed E-state index contributed by atoms with van der Waals surface area (Å²) in [6.07, 6.45) is 1.87.